The summed E-state index contributed by atoms with van der Waals surface area (Å²) in [5.74, 6) is 0.973. The summed E-state index contributed by atoms with van der Waals surface area (Å²) in [7, 11) is 0. The summed E-state index contributed by atoms with van der Waals surface area (Å²) in [4.78, 5) is 7.72. The minimum absolute atomic E-state index is 0.0351. The van der Waals surface area contributed by atoms with Crippen molar-refractivity contribution in [3.8, 4) is 0 Å². The molecule has 14 heavy (non-hydrogen) atoms. The Morgan fingerprint density at radius 3 is 2.36 bits per heavy atom. The molecule has 0 saturated heterocycles. The Morgan fingerprint density at radius 1 is 1.14 bits per heavy atom. The molecule has 0 heterocycles. The summed E-state index contributed by atoms with van der Waals surface area (Å²) >= 11 is 0. The first-order valence-corrected chi connectivity index (χ1v) is 5.08. The van der Waals surface area contributed by atoms with Crippen molar-refractivity contribution in [2.45, 2.75) is 32.1 Å². The van der Waals surface area contributed by atoms with Crippen LogP contribution in [0.4, 0.5) is 0 Å². The lowest BCUT2D eigenvalue weighted by Gasteiger charge is -2.04. The number of guanidine groups is 2. The van der Waals surface area contributed by atoms with E-state index in [9.17, 15) is 0 Å². The highest BCUT2D eigenvalue weighted by molar-refractivity contribution is 5.92. The minimum atomic E-state index is -0.0351. The van der Waals surface area contributed by atoms with Gasteiger partial charge in [0.25, 0.3) is 0 Å². The number of hydrogen-bond donors (Lipinski definition) is 3. The lowest BCUT2D eigenvalue weighted by molar-refractivity contribution is 0.512. The van der Waals surface area contributed by atoms with Gasteiger partial charge in [0.1, 0.15) is 0 Å². The van der Waals surface area contributed by atoms with E-state index in [-0.39, 0.29) is 11.9 Å². The van der Waals surface area contributed by atoms with E-state index in [0.717, 1.165) is 18.9 Å². The standard InChI is InChI=1S/C9H19N5/c10-8(11)14-9(12)13-6-5-7-3-1-2-4-7/h7H,1-6H2,(H6,10,11,12,13,14). The molecule has 1 rings (SSSR count). The van der Waals surface area contributed by atoms with Crippen LogP contribution in [0.15, 0.2) is 9.98 Å². The molecule has 0 radical (unpaired) electrons. The second-order valence-electron chi connectivity index (χ2n) is 3.72. The molecular weight excluding hydrogens is 178 g/mol. The summed E-state index contributed by atoms with van der Waals surface area (Å²) < 4.78 is 0. The Morgan fingerprint density at radius 2 is 1.79 bits per heavy atom. The Bertz CT molecular complexity index is 223. The van der Waals surface area contributed by atoms with E-state index in [1.807, 2.05) is 0 Å². The molecule has 1 aliphatic carbocycles. The third kappa shape index (κ3) is 4.11. The molecule has 0 aliphatic heterocycles. The number of nitrogens with two attached hydrogens (primary N) is 3. The van der Waals surface area contributed by atoms with Gasteiger partial charge in [0, 0.05) is 6.54 Å². The van der Waals surface area contributed by atoms with Crippen molar-refractivity contribution >= 4 is 11.9 Å². The van der Waals surface area contributed by atoms with Gasteiger partial charge in [-0.1, -0.05) is 25.7 Å². The third-order valence-electron chi connectivity index (χ3n) is 2.53. The van der Waals surface area contributed by atoms with Crippen LogP contribution in [0.25, 0.3) is 0 Å². The van der Waals surface area contributed by atoms with E-state index in [0.29, 0.717) is 0 Å². The van der Waals surface area contributed by atoms with E-state index >= 15 is 0 Å². The van der Waals surface area contributed by atoms with E-state index in [2.05, 4.69) is 9.98 Å². The maximum Gasteiger partial charge on any atom is 0.218 e. The van der Waals surface area contributed by atoms with Gasteiger partial charge in [-0.25, -0.2) is 0 Å². The highest BCUT2D eigenvalue weighted by atomic mass is 15.1. The van der Waals surface area contributed by atoms with Gasteiger partial charge in [-0.05, 0) is 12.3 Å². The number of nitrogens with zero attached hydrogens (tertiary/aromatic N) is 2. The second kappa shape index (κ2) is 5.47. The van der Waals surface area contributed by atoms with Gasteiger partial charge in [-0.2, -0.15) is 4.99 Å². The lowest BCUT2D eigenvalue weighted by atomic mass is 10.1. The van der Waals surface area contributed by atoms with Crippen molar-refractivity contribution in [2.24, 2.45) is 33.1 Å². The molecule has 0 aromatic rings. The molecule has 1 saturated carbocycles. The fourth-order valence-electron chi connectivity index (χ4n) is 1.83. The predicted molar refractivity (Wildman–Crippen MR) is 58.9 cm³/mol. The van der Waals surface area contributed by atoms with Crippen LogP contribution in [0.1, 0.15) is 32.1 Å². The first-order valence-electron chi connectivity index (χ1n) is 5.08. The maximum atomic E-state index is 5.46. The first-order chi connectivity index (χ1) is 6.68. The molecule has 0 amide bonds. The zero-order valence-electron chi connectivity index (χ0n) is 8.45. The third-order valence-corrected chi connectivity index (χ3v) is 2.53. The van der Waals surface area contributed by atoms with Crippen molar-refractivity contribution in [3.05, 3.63) is 0 Å². The van der Waals surface area contributed by atoms with Gasteiger partial charge in [0.2, 0.25) is 5.96 Å². The number of aliphatic imine (C=N–C) groups is 2. The van der Waals surface area contributed by atoms with Gasteiger partial charge in [-0.3, -0.25) is 4.99 Å². The minimum Gasteiger partial charge on any atom is -0.370 e. The van der Waals surface area contributed by atoms with E-state index in [1.165, 1.54) is 25.7 Å². The molecule has 5 heteroatoms. The quantitative estimate of drug-likeness (QED) is 0.443. The van der Waals surface area contributed by atoms with Gasteiger partial charge in [-0.15, -0.1) is 0 Å². The zero-order chi connectivity index (χ0) is 10.4. The average molecular weight is 197 g/mol. The lowest BCUT2D eigenvalue weighted by Crippen LogP contribution is -2.26. The van der Waals surface area contributed by atoms with Crippen LogP contribution in [0, 0.1) is 5.92 Å². The normalized spacial score (nSPS) is 18.4. The molecule has 0 unspecified atom stereocenters. The maximum absolute atomic E-state index is 5.46. The fraction of sp³-hybridized carbons (Fsp3) is 0.778. The molecule has 0 atom stereocenters. The van der Waals surface area contributed by atoms with Crippen LogP contribution < -0.4 is 17.2 Å². The Labute approximate surface area is 84.5 Å². The van der Waals surface area contributed by atoms with Crippen LogP contribution in [0.3, 0.4) is 0 Å². The molecule has 6 N–H and O–H groups in total. The second-order valence-corrected chi connectivity index (χ2v) is 3.72. The SMILES string of the molecule is NC(N)=NC(N)=NCCC1CCCC1. The topological polar surface area (TPSA) is 103 Å². The summed E-state index contributed by atoms with van der Waals surface area (Å²) in [5, 5.41) is 0. The predicted octanol–water partition coefficient (Wildman–Crippen LogP) is 0.155. The van der Waals surface area contributed by atoms with Crippen LogP contribution in [0.5, 0.6) is 0 Å². The summed E-state index contributed by atoms with van der Waals surface area (Å²) in [6.45, 7) is 0.729. The molecule has 1 fully saturated rings. The van der Waals surface area contributed by atoms with Gasteiger partial charge >= 0.3 is 0 Å². The molecule has 0 bridgehead atoms. The van der Waals surface area contributed by atoms with Crippen LogP contribution in [0.2, 0.25) is 0 Å². The smallest absolute Gasteiger partial charge is 0.218 e. The zero-order valence-corrected chi connectivity index (χ0v) is 8.45. The molecular formula is C9H19N5. The first kappa shape index (κ1) is 10.8. The Hall–Kier alpha value is -1.26. The van der Waals surface area contributed by atoms with Crippen molar-refractivity contribution in [2.75, 3.05) is 6.54 Å². The van der Waals surface area contributed by atoms with Crippen LogP contribution in [-0.2, 0) is 0 Å². The van der Waals surface area contributed by atoms with E-state index in [1.54, 1.807) is 0 Å². The highest BCUT2D eigenvalue weighted by Gasteiger charge is 2.13. The Kier molecular flexibility index (Phi) is 4.22. The van der Waals surface area contributed by atoms with Gasteiger partial charge in [0.15, 0.2) is 5.96 Å². The van der Waals surface area contributed by atoms with Crippen molar-refractivity contribution in [3.63, 3.8) is 0 Å². The molecule has 80 valence electrons. The summed E-state index contributed by atoms with van der Waals surface area (Å²) in [6, 6.07) is 0. The molecule has 0 aromatic heterocycles. The average Bonchev–Trinajstić information content (AvgIpc) is 2.55. The monoisotopic (exact) mass is 197 g/mol. The Balaban J connectivity index is 2.21. The molecule has 0 aromatic carbocycles. The summed E-state index contributed by atoms with van der Waals surface area (Å²) in [5.41, 5.74) is 15.8. The highest BCUT2D eigenvalue weighted by Crippen LogP contribution is 2.27. The van der Waals surface area contributed by atoms with Crippen LogP contribution in [-0.4, -0.2) is 18.5 Å². The van der Waals surface area contributed by atoms with E-state index < -0.39 is 0 Å². The molecule has 0 spiro atoms. The summed E-state index contributed by atoms with van der Waals surface area (Å²) in [6.07, 6.45) is 6.48. The van der Waals surface area contributed by atoms with Crippen molar-refractivity contribution in [1.29, 1.82) is 0 Å². The number of hydrogen-bond acceptors (Lipinski definition) is 1. The van der Waals surface area contributed by atoms with Gasteiger partial charge in [0.05, 0.1) is 0 Å². The van der Waals surface area contributed by atoms with Crippen molar-refractivity contribution in [1.82, 2.24) is 0 Å². The van der Waals surface area contributed by atoms with Crippen LogP contribution >= 0.6 is 0 Å². The molecule has 5 nitrogen and oxygen atoms in total. The van der Waals surface area contributed by atoms with Gasteiger partial charge < -0.3 is 17.2 Å². The number of rotatable bonds is 3. The fourth-order valence-corrected chi connectivity index (χ4v) is 1.83. The van der Waals surface area contributed by atoms with Crippen molar-refractivity contribution < 1.29 is 0 Å². The molecule has 1 aliphatic rings. The largest absolute Gasteiger partial charge is 0.370 e. The van der Waals surface area contributed by atoms with E-state index in [4.69, 9.17) is 17.2 Å².